The molecule has 178 valence electrons. The van der Waals surface area contributed by atoms with Gasteiger partial charge in [-0.25, -0.2) is 0 Å². The first-order chi connectivity index (χ1) is 17.7. The van der Waals surface area contributed by atoms with Crippen molar-refractivity contribution in [3.63, 3.8) is 0 Å². The van der Waals surface area contributed by atoms with E-state index in [0.717, 1.165) is 61.9 Å². The number of methoxy groups -OCH3 is 1. The fraction of sp³-hybridized carbons (Fsp3) is 0.207. The number of fused-ring (bicyclic) bond motifs is 3. The van der Waals surface area contributed by atoms with Gasteiger partial charge in [-0.3, -0.25) is 4.40 Å². The second-order valence-electron chi connectivity index (χ2n) is 8.94. The average molecular weight is 493 g/mol. The van der Waals surface area contributed by atoms with Crippen molar-refractivity contribution in [3.8, 4) is 23.2 Å². The van der Waals surface area contributed by atoms with E-state index >= 15 is 0 Å². The molecule has 0 unspecified atom stereocenters. The first kappa shape index (κ1) is 22.6. The Balaban J connectivity index is 1.34. The van der Waals surface area contributed by atoms with Crippen LogP contribution >= 0.6 is 11.8 Å². The highest BCUT2D eigenvalue weighted by atomic mass is 32.2. The van der Waals surface area contributed by atoms with Crippen LogP contribution in [0.4, 0.5) is 0 Å². The van der Waals surface area contributed by atoms with Gasteiger partial charge >= 0.3 is 0 Å². The molecule has 3 aromatic carbocycles. The minimum atomic E-state index is -0.462. The lowest BCUT2D eigenvalue weighted by Crippen LogP contribution is -2.32. The quantitative estimate of drug-likeness (QED) is 0.287. The van der Waals surface area contributed by atoms with Crippen LogP contribution in [0.1, 0.15) is 18.4 Å². The van der Waals surface area contributed by atoms with Crippen LogP contribution < -0.4 is 4.74 Å². The maximum absolute atomic E-state index is 9.96. The van der Waals surface area contributed by atoms with Gasteiger partial charge in [0.25, 0.3) is 0 Å². The SMILES string of the molecule is COc1ccc(-c2nnc3ccc4cc(Sc5cccc(C6(C#N)CCOCC6)c5)ccc4n23)cc1. The summed E-state index contributed by atoms with van der Waals surface area (Å²) in [6.45, 7) is 1.26. The van der Waals surface area contributed by atoms with E-state index in [1.54, 1.807) is 18.9 Å². The first-order valence-corrected chi connectivity index (χ1v) is 12.7. The highest BCUT2D eigenvalue weighted by molar-refractivity contribution is 7.99. The van der Waals surface area contributed by atoms with Crippen LogP contribution in [0.15, 0.2) is 88.7 Å². The number of ether oxygens (including phenoxy) is 2. The minimum Gasteiger partial charge on any atom is -0.497 e. The molecule has 0 spiro atoms. The Morgan fingerprint density at radius 2 is 1.75 bits per heavy atom. The van der Waals surface area contributed by atoms with Gasteiger partial charge in [0.2, 0.25) is 0 Å². The summed E-state index contributed by atoms with van der Waals surface area (Å²) in [4.78, 5) is 2.26. The van der Waals surface area contributed by atoms with Crippen molar-refractivity contribution in [2.75, 3.05) is 20.3 Å². The van der Waals surface area contributed by atoms with Crippen LogP contribution in [0.3, 0.4) is 0 Å². The number of pyridine rings is 1. The molecule has 36 heavy (non-hydrogen) atoms. The van der Waals surface area contributed by atoms with Gasteiger partial charge in [-0.1, -0.05) is 23.9 Å². The van der Waals surface area contributed by atoms with E-state index in [9.17, 15) is 5.26 Å². The van der Waals surface area contributed by atoms with Crippen LogP contribution in [0.5, 0.6) is 5.75 Å². The first-order valence-electron chi connectivity index (χ1n) is 11.9. The van der Waals surface area contributed by atoms with Crippen molar-refractivity contribution in [3.05, 3.63) is 84.4 Å². The molecule has 1 saturated heterocycles. The van der Waals surface area contributed by atoms with Crippen molar-refractivity contribution < 1.29 is 9.47 Å². The van der Waals surface area contributed by atoms with Crippen LogP contribution in [-0.4, -0.2) is 34.9 Å². The molecule has 7 heteroatoms. The van der Waals surface area contributed by atoms with Crippen molar-refractivity contribution in [2.45, 2.75) is 28.0 Å². The smallest absolute Gasteiger partial charge is 0.168 e. The second-order valence-corrected chi connectivity index (χ2v) is 10.1. The molecular formula is C29H24N4O2S. The van der Waals surface area contributed by atoms with E-state index in [4.69, 9.17) is 9.47 Å². The number of benzene rings is 3. The van der Waals surface area contributed by atoms with Gasteiger partial charge < -0.3 is 9.47 Å². The van der Waals surface area contributed by atoms with Crippen LogP contribution in [0, 0.1) is 11.3 Å². The molecular weight excluding hydrogens is 468 g/mol. The van der Waals surface area contributed by atoms with E-state index in [2.05, 4.69) is 69.2 Å². The zero-order chi connectivity index (χ0) is 24.5. The summed E-state index contributed by atoms with van der Waals surface area (Å²) in [5.41, 5.74) is 3.45. The Labute approximate surface area is 213 Å². The summed E-state index contributed by atoms with van der Waals surface area (Å²) in [6.07, 6.45) is 1.47. The molecule has 0 atom stereocenters. The number of aromatic nitrogens is 3. The van der Waals surface area contributed by atoms with Gasteiger partial charge in [-0.2, -0.15) is 5.26 Å². The normalized spacial score (nSPS) is 15.1. The Morgan fingerprint density at radius 3 is 2.53 bits per heavy atom. The molecule has 2 aromatic heterocycles. The Morgan fingerprint density at radius 1 is 0.944 bits per heavy atom. The second kappa shape index (κ2) is 9.30. The van der Waals surface area contributed by atoms with E-state index in [1.807, 2.05) is 30.3 Å². The largest absolute Gasteiger partial charge is 0.497 e. The average Bonchev–Trinajstić information content (AvgIpc) is 3.38. The third kappa shape index (κ3) is 3.98. The Bertz CT molecular complexity index is 1600. The maximum atomic E-state index is 9.96. The van der Waals surface area contributed by atoms with Crippen molar-refractivity contribution in [1.82, 2.24) is 14.6 Å². The van der Waals surface area contributed by atoms with E-state index in [-0.39, 0.29) is 0 Å². The lowest BCUT2D eigenvalue weighted by molar-refractivity contribution is 0.0675. The number of rotatable bonds is 5. The summed E-state index contributed by atoms with van der Waals surface area (Å²) >= 11 is 1.71. The van der Waals surface area contributed by atoms with E-state index in [1.165, 1.54) is 0 Å². The van der Waals surface area contributed by atoms with Crippen LogP contribution in [0.2, 0.25) is 0 Å². The number of hydrogen-bond acceptors (Lipinski definition) is 6. The number of nitrogens with zero attached hydrogens (tertiary/aromatic N) is 4. The molecule has 0 bridgehead atoms. The standard InChI is InChI=1S/C29H24N4O2S/c1-34-23-8-5-20(6-9-23)28-32-31-27-12-7-21-17-25(10-11-26(21)33(27)28)36-24-4-2-3-22(18-24)29(19-30)13-15-35-16-14-29/h2-12,17-18H,13-16H2,1H3. The highest BCUT2D eigenvalue weighted by Crippen LogP contribution is 2.38. The van der Waals surface area contributed by atoms with Crippen molar-refractivity contribution in [2.24, 2.45) is 0 Å². The van der Waals surface area contributed by atoms with Crippen molar-refractivity contribution >= 4 is 28.3 Å². The zero-order valence-electron chi connectivity index (χ0n) is 19.8. The molecule has 5 aromatic rings. The predicted octanol–water partition coefficient (Wildman–Crippen LogP) is 6.28. The van der Waals surface area contributed by atoms with Gasteiger partial charge in [-0.05, 0) is 90.5 Å². The van der Waals surface area contributed by atoms with E-state index in [0.29, 0.717) is 13.2 Å². The lowest BCUT2D eigenvalue weighted by atomic mass is 9.75. The summed E-state index contributed by atoms with van der Waals surface area (Å²) in [7, 11) is 1.66. The van der Waals surface area contributed by atoms with Gasteiger partial charge in [0.1, 0.15) is 5.75 Å². The van der Waals surface area contributed by atoms with Gasteiger partial charge in [0, 0.05) is 28.6 Å². The molecule has 0 N–H and O–H groups in total. The molecule has 1 aliphatic rings. The molecule has 1 aliphatic heterocycles. The fourth-order valence-corrected chi connectivity index (χ4v) is 5.77. The third-order valence-electron chi connectivity index (χ3n) is 6.87. The molecule has 0 aliphatic carbocycles. The lowest BCUT2D eigenvalue weighted by Gasteiger charge is -2.31. The molecule has 0 saturated carbocycles. The maximum Gasteiger partial charge on any atom is 0.168 e. The Hall–Kier alpha value is -3.86. The summed E-state index contributed by atoms with van der Waals surface area (Å²) < 4.78 is 12.9. The minimum absolute atomic E-state index is 0.462. The summed E-state index contributed by atoms with van der Waals surface area (Å²) in [6, 6.07) is 29.4. The van der Waals surface area contributed by atoms with E-state index < -0.39 is 5.41 Å². The van der Waals surface area contributed by atoms with Crippen LogP contribution in [-0.2, 0) is 10.2 Å². The fourth-order valence-electron chi connectivity index (χ4n) is 4.84. The third-order valence-corrected chi connectivity index (χ3v) is 7.85. The predicted molar refractivity (Wildman–Crippen MR) is 140 cm³/mol. The molecule has 0 radical (unpaired) electrons. The zero-order valence-corrected chi connectivity index (χ0v) is 20.7. The summed E-state index contributed by atoms with van der Waals surface area (Å²) in [5.74, 6) is 1.60. The summed E-state index contributed by atoms with van der Waals surface area (Å²) in [5, 5.41) is 19.9. The monoisotopic (exact) mass is 492 g/mol. The number of hydrogen-bond donors (Lipinski definition) is 0. The molecule has 3 heterocycles. The highest BCUT2D eigenvalue weighted by Gasteiger charge is 2.34. The molecule has 6 rings (SSSR count). The van der Waals surface area contributed by atoms with Gasteiger partial charge in [-0.15, -0.1) is 10.2 Å². The Kier molecular flexibility index (Phi) is 5.84. The topological polar surface area (TPSA) is 72.4 Å². The van der Waals surface area contributed by atoms with Crippen LogP contribution in [0.25, 0.3) is 27.9 Å². The number of nitriles is 1. The molecule has 6 nitrogen and oxygen atoms in total. The van der Waals surface area contributed by atoms with Crippen molar-refractivity contribution in [1.29, 1.82) is 5.26 Å². The molecule has 1 fully saturated rings. The van der Waals surface area contributed by atoms with Gasteiger partial charge in [0.05, 0.1) is 24.1 Å². The molecule has 0 amide bonds. The van der Waals surface area contributed by atoms with Gasteiger partial charge in [0.15, 0.2) is 11.5 Å².